The molecule has 21 heavy (non-hydrogen) atoms. The second-order valence-electron chi connectivity index (χ2n) is 4.86. The highest BCUT2D eigenvalue weighted by atomic mass is 35.5. The summed E-state index contributed by atoms with van der Waals surface area (Å²) in [5, 5.41) is 13.6. The van der Waals surface area contributed by atoms with Crippen LogP contribution in [0.1, 0.15) is 19.7 Å². The highest BCUT2D eigenvalue weighted by Gasteiger charge is 2.14. The summed E-state index contributed by atoms with van der Waals surface area (Å²) in [5.41, 5.74) is 0.724. The van der Waals surface area contributed by atoms with E-state index in [0.29, 0.717) is 22.4 Å². The molecule has 112 valence electrons. The molecule has 1 N–H and O–H groups in total. The molecule has 1 aromatic carbocycles. The molecule has 0 spiro atoms. The lowest BCUT2D eigenvalue weighted by atomic mass is 10.2. The van der Waals surface area contributed by atoms with Crippen molar-refractivity contribution in [1.29, 1.82) is 0 Å². The zero-order chi connectivity index (χ0) is 15.6. The molecule has 1 heterocycles. The highest BCUT2D eigenvalue weighted by Crippen LogP contribution is 2.30. The molecule has 0 aliphatic carbocycles. The molecule has 0 saturated carbocycles. The molecule has 0 aliphatic heterocycles. The number of aliphatic carboxylic acids is 1. The molecule has 0 bridgehead atoms. The van der Waals surface area contributed by atoms with Crippen LogP contribution in [0.15, 0.2) is 18.2 Å². The summed E-state index contributed by atoms with van der Waals surface area (Å²) in [7, 11) is 1.66. The van der Waals surface area contributed by atoms with E-state index < -0.39 is 5.97 Å². The minimum atomic E-state index is -0.947. The smallest absolute Gasteiger partial charge is 0.311 e. The van der Waals surface area contributed by atoms with Crippen molar-refractivity contribution in [3.8, 4) is 17.1 Å². The summed E-state index contributed by atoms with van der Waals surface area (Å²) in [6.07, 6.45) is -0.177. The summed E-state index contributed by atoms with van der Waals surface area (Å²) >= 11 is 6.08. The Balaban J connectivity index is 2.36. The molecule has 6 nitrogen and oxygen atoms in total. The zero-order valence-corrected chi connectivity index (χ0v) is 12.8. The number of ether oxygens (including phenoxy) is 1. The first kappa shape index (κ1) is 15.3. The normalized spacial score (nSPS) is 10.9. The van der Waals surface area contributed by atoms with Crippen LogP contribution in [0.2, 0.25) is 5.02 Å². The number of rotatable bonds is 5. The number of hydrogen-bond acceptors (Lipinski definition) is 4. The van der Waals surface area contributed by atoms with E-state index in [9.17, 15) is 4.79 Å². The van der Waals surface area contributed by atoms with Crippen molar-refractivity contribution < 1.29 is 14.6 Å². The first-order valence-corrected chi connectivity index (χ1v) is 6.83. The molecule has 0 fully saturated rings. The third-order valence-corrected chi connectivity index (χ3v) is 3.03. The Morgan fingerprint density at radius 2 is 2.19 bits per heavy atom. The van der Waals surface area contributed by atoms with Crippen molar-refractivity contribution in [3.63, 3.8) is 0 Å². The van der Waals surface area contributed by atoms with Crippen LogP contribution in [-0.4, -0.2) is 31.9 Å². The SMILES string of the molecule is CC(C)Oc1cc(-c2nc(CC(=O)O)n(C)n2)ccc1Cl. The van der Waals surface area contributed by atoms with Gasteiger partial charge in [0.05, 0.1) is 11.1 Å². The molecule has 0 atom stereocenters. The van der Waals surface area contributed by atoms with Crippen molar-refractivity contribution in [3.05, 3.63) is 29.0 Å². The topological polar surface area (TPSA) is 77.2 Å². The van der Waals surface area contributed by atoms with Gasteiger partial charge in [-0.3, -0.25) is 9.48 Å². The van der Waals surface area contributed by atoms with E-state index in [1.807, 2.05) is 13.8 Å². The van der Waals surface area contributed by atoms with Gasteiger partial charge in [0.15, 0.2) is 5.82 Å². The third-order valence-electron chi connectivity index (χ3n) is 2.71. The van der Waals surface area contributed by atoms with Crippen LogP contribution in [0.5, 0.6) is 5.75 Å². The predicted molar refractivity (Wildman–Crippen MR) is 78.6 cm³/mol. The van der Waals surface area contributed by atoms with E-state index in [1.54, 1.807) is 25.2 Å². The van der Waals surface area contributed by atoms with Crippen LogP contribution in [0.3, 0.4) is 0 Å². The van der Waals surface area contributed by atoms with Crippen molar-refractivity contribution >= 4 is 17.6 Å². The molecule has 2 aromatic rings. The lowest BCUT2D eigenvalue weighted by molar-refractivity contribution is -0.136. The fourth-order valence-electron chi connectivity index (χ4n) is 1.81. The summed E-state index contributed by atoms with van der Waals surface area (Å²) in [5.74, 6) is 0.436. The maximum atomic E-state index is 10.8. The van der Waals surface area contributed by atoms with Crippen LogP contribution >= 0.6 is 11.6 Å². The summed E-state index contributed by atoms with van der Waals surface area (Å²) in [6.45, 7) is 3.82. The van der Waals surface area contributed by atoms with Gasteiger partial charge in [-0.15, -0.1) is 0 Å². The average Bonchev–Trinajstić information content (AvgIpc) is 2.72. The van der Waals surface area contributed by atoms with Crippen molar-refractivity contribution in [1.82, 2.24) is 14.8 Å². The monoisotopic (exact) mass is 309 g/mol. The maximum absolute atomic E-state index is 10.8. The number of carboxylic acid groups (broad SMARTS) is 1. The van der Waals surface area contributed by atoms with E-state index in [0.717, 1.165) is 5.56 Å². The molecule has 0 saturated heterocycles. The van der Waals surface area contributed by atoms with Gasteiger partial charge in [0.2, 0.25) is 0 Å². The van der Waals surface area contributed by atoms with E-state index in [-0.39, 0.29) is 12.5 Å². The molecule has 7 heteroatoms. The number of benzene rings is 1. The van der Waals surface area contributed by atoms with Crippen molar-refractivity contribution in [2.45, 2.75) is 26.4 Å². The Hall–Kier alpha value is -2.08. The molecule has 0 aliphatic rings. The quantitative estimate of drug-likeness (QED) is 0.918. The van der Waals surface area contributed by atoms with E-state index in [4.69, 9.17) is 21.4 Å². The predicted octanol–water partition coefficient (Wildman–Crippen LogP) is 2.55. The molecule has 1 aromatic heterocycles. The lowest BCUT2D eigenvalue weighted by Crippen LogP contribution is -2.06. The van der Waals surface area contributed by atoms with Crippen molar-refractivity contribution in [2.75, 3.05) is 0 Å². The maximum Gasteiger partial charge on any atom is 0.311 e. The molecule has 0 unspecified atom stereocenters. The summed E-state index contributed by atoms with van der Waals surface area (Å²) < 4.78 is 7.08. The Morgan fingerprint density at radius 3 is 2.81 bits per heavy atom. The van der Waals surface area contributed by atoms with Gasteiger partial charge in [0, 0.05) is 12.6 Å². The lowest BCUT2D eigenvalue weighted by Gasteiger charge is -2.11. The molecular weight excluding hydrogens is 294 g/mol. The summed E-state index contributed by atoms with van der Waals surface area (Å²) in [4.78, 5) is 15.0. The number of nitrogens with zero attached hydrogens (tertiary/aromatic N) is 3. The van der Waals surface area contributed by atoms with Gasteiger partial charge in [0.25, 0.3) is 0 Å². The van der Waals surface area contributed by atoms with Gasteiger partial charge in [-0.2, -0.15) is 5.10 Å². The molecule has 0 radical (unpaired) electrons. The summed E-state index contributed by atoms with van der Waals surface area (Å²) in [6, 6.07) is 5.24. The Morgan fingerprint density at radius 1 is 1.48 bits per heavy atom. The number of carboxylic acids is 1. The van der Waals surface area contributed by atoms with E-state index in [2.05, 4.69) is 10.1 Å². The van der Waals surface area contributed by atoms with Crippen LogP contribution in [0.4, 0.5) is 0 Å². The fraction of sp³-hybridized carbons (Fsp3) is 0.357. The van der Waals surface area contributed by atoms with Gasteiger partial charge < -0.3 is 9.84 Å². The Kier molecular flexibility index (Phi) is 4.47. The highest BCUT2D eigenvalue weighted by molar-refractivity contribution is 6.32. The minimum absolute atomic E-state index is 0.00277. The Labute approximate surface area is 127 Å². The second kappa shape index (κ2) is 6.13. The second-order valence-corrected chi connectivity index (χ2v) is 5.26. The number of aromatic nitrogens is 3. The third kappa shape index (κ3) is 3.72. The zero-order valence-electron chi connectivity index (χ0n) is 12.0. The number of aryl methyl sites for hydroxylation is 1. The standard InChI is InChI=1S/C14H16ClN3O3/c1-8(2)21-11-6-9(4-5-10(11)15)14-16-12(7-13(19)20)18(3)17-14/h4-6,8H,7H2,1-3H3,(H,19,20). The van der Waals surface area contributed by atoms with Crippen molar-refractivity contribution in [2.24, 2.45) is 7.05 Å². The first-order valence-electron chi connectivity index (χ1n) is 6.45. The minimum Gasteiger partial charge on any atom is -0.489 e. The molecular formula is C14H16ClN3O3. The number of halogens is 1. The van der Waals surface area contributed by atoms with Gasteiger partial charge in [-0.05, 0) is 32.0 Å². The molecule has 0 amide bonds. The van der Waals surface area contributed by atoms with Gasteiger partial charge in [0.1, 0.15) is 18.0 Å². The first-order chi connectivity index (χ1) is 9.86. The van der Waals surface area contributed by atoms with E-state index >= 15 is 0 Å². The van der Waals surface area contributed by atoms with Crippen LogP contribution in [0, 0.1) is 0 Å². The van der Waals surface area contributed by atoms with Crippen LogP contribution in [0.25, 0.3) is 11.4 Å². The number of hydrogen-bond donors (Lipinski definition) is 1. The van der Waals surface area contributed by atoms with Gasteiger partial charge >= 0.3 is 5.97 Å². The molecule has 2 rings (SSSR count). The number of carbonyl (C=O) groups is 1. The van der Waals surface area contributed by atoms with Crippen LogP contribution in [-0.2, 0) is 18.3 Å². The van der Waals surface area contributed by atoms with Gasteiger partial charge in [-0.25, -0.2) is 4.98 Å². The Bertz CT molecular complexity index is 667. The van der Waals surface area contributed by atoms with E-state index in [1.165, 1.54) is 4.68 Å². The average molecular weight is 310 g/mol. The fourth-order valence-corrected chi connectivity index (χ4v) is 1.98. The van der Waals surface area contributed by atoms with Gasteiger partial charge in [-0.1, -0.05) is 11.6 Å². The van der Waals surface area contributed by atoms with Crippen LogP contribution < -0.4 is 4.74 Å². The largest absolute Gasteiger partial charge is 0.489 e.